The van der Waals surface area contributed by atoms with Crippen molar-refractivity contribution in [1.82, 2.24) is 0 Å². The van der Waals surface area contributed by atoms with Crippen molar-refractivity contribution >= 4 is 0 Å². The molecule has 2 nitrogen and oxygen atoms in total. The Balaban J connectivity index is 0.000000655. The number of terminal acetylenes is 1. The molecule has 174 valence electrons. The third kappa shape index (κ3) is 15.5. The summed E-state index contributed by atoms with van der Waals surface area (Å²) in [4.78, 5) is 0. The number of nitrogens with zero attached hydrogens (tertiary/aromatic N) is 1. The summed E-state index contributed by atoms with van der Waals surface area (Å²) in [5.41, 5.74) is 2.93. The first-order valence-corrected chi connectivity index (χ1v) is 11.4. The van der Waals surface area contributed by atoms with Gasteiger partial charge in [0.25, 0.3) is 0 Å². The summed E-state index contributed by atoms with van der Waals surface area (Å²) < 4.78 is 5.63. The minimum absolute atomic E-state index is 0.684. The van der Waals surface area contributed by atoms with E-state index < -0.39 is 0 Å². The highest BCUT2D eigenvalue weighted by Gasteiger charge is 1.99. The van der Waals surface area contributed by atoms with E-state index in [0.29, 0.717) is 5.56 Å². The van der Waals surface area contributed by atoms with Gasteiger partial charge in [-0.2, -0.15) is 5.26 Å². The van der Waals surface area contributed by atoms with Gasteiger partial charge < -0.3 is 4.74 Å². The van der Waals surface area contributed by atoms with E-state index in [4.69, 9.17) is 16.4 Å². The van der Waals surface area contributed by atoms with Crippen LogP contribution in [0.5, 0.6) is 5.75 Å². The fraction of sp³-hybridized carbons (Fsp3) is 0.206. The Hall–Kier alpha value is -5.35. The molecule has 0 bridgehead atoms. The van der Waals surface area contributed by atoms with Gasteiger partial charge in [0.1, 0.15) is 5.75 Å². The summed E-state index contributed by atoms with van der Waals surface area (Å²) in [5, 5.41) is 8.77. The second kappa shape index (κ2) is 22.8. The van der Waals surface area contributed by atoms with Crippen LogP contribution in [0.25, 0.3) is 11.1 Å². The van der Waals surface area contributed by atoms with Crippen LogP contribution in [0.1, 0.15) is 46.1 Å². The molecule has 0 fully saturated rings. The average Bonchev–Trinajstić information content (AvgIpc) is 2.94. The van der Waals surface area contributed by atoms with Gasteiger partial charge in [-0.15, -0.1) is 6.42 Å². The van der Waals surface area contributed by atoms with E-state index in [1.807, 2.05) is 62.4 Å². The van der Waals surface area contributed by atoms with E-state index in [9.17, 15) is 0 Å². The lowest BCUT2D eigenvalue weighted by atomic mass is 10.0. The molecule has 0 spiro atoms. The standard InChI is InChI=1S/C17H17NO.C15H4.C2H6/c1-2-3-12-19-17-10-8-16(9-11-17)15-6-4-14(13-18)5-7-15;1-3-5-7-9-11-13-15-14-12-10-8-6-4-2;1-2/h4-11H,2-3,12H2,1H3;1H,2H3;1-2H3. The number of hydrogen-bond acceptors (Lipinski definition) is 2. The van der Waals surface area contributed by atoms with Gasteiger partial charge >= 0.3 is 0 Å². The van der Waals surface area contributed by atoms with Gasteiger partial charge in [-0.05, 0) is 120 Å². The molecule has 0 aromatic heterocycles. The lowest BCUT2D eigenvalue weighted by molar-refractivity contribution is 0.309. The summed E-state index contributed by atoms with van der Waals surface area (Å²) in [6.45, 7) is 8.62. The van der Waals surface area contributed by atoms with Crippen molar-refractivity contribution in [3.05, 3.63) is 54.1 Å². The van der Waals surface area contributed by atoms with Gasteiger partial charge in [-0.3, -0.25) is 0 Å². The number of rotatable bonds is 5. The summed E-state index contributed by atoms with van der Waals surface area (Å²) in [5.74, 6) is 32.8. The number of nitriles is 1. The van der Waals surface area contributed by atoms with E-state index in [1.165, 1.54) is 0 Å². The van der Waals surface area contributed by atoms with E-state index in [2.05, 4.69) is 90.0 Å². The monoisotopic (exact) mass is 465 g/mol. The normalized spacial score (nSPS) is 6.94. The Bertz CT molecular complexity index is 1390. The first-order valence-electron chi connectivity index (χ1n) is 11.4. The van der Waals surface area contributed by atoms with E-state index in [0.717, 1.165) is 36.3 Å². The van der Waals surface area contributed by atoms with Crippen LogP contribution < -0.4 is 4.74 Å². The lowest BCUT2D eigenvalue weighted by Crippen LogP contribution is -1.95. The molecule has 2 rings (SSSR count). The minimum atomic E-state index is 0.684. The van der Waals surface area contributed by atoms with Crippen molar-refractivity contribution < 1.29 is 4.74 Å². The predicted octanol–water partition coefficient (Wildman–Crippen LogP) is 6.09. The van der Waals surface area contributed by atoms with Crippen molar-refractivity contribution in [3.8, 4) is 106 Å². The summed E-state index contributed by atoms with van der Waals surface area (Å²) in [6, 6.07) is 17.8. The molecule has 0 amide bonds. The van der Waals surface area contributed by atoms with E-state index >= 15 is 0 Å². The van der Waals surface area contributed by atoms with E-state index in [1.54, 1.807) is 6.92 Å². The highest BCUT2D eigenvalue weighted by molar-refractivity contribution is 5.65. The molecule has 0 unspecified atom stereocenters. The molecule has 0 atom stereocenters. The summed E-state index contributed by atoms with van der Waals surface area (Å²) in [7, 11) is 0. The first kappa shape index (κ1) is 30.6. The molecule has 36 heavy (non-hydrogen) atoms. The van der Waals surface area contributed by atoms with Crippen molar-refractivity contribution in [2.24, 2.45) is 0 Å². The summed E-state index contributed by atoms with van der Waals surface area (Å²) >= 11 is 0. The molecule has 0 saturated carbocycles. The molecule has 0 saturated heterocycles. The Morgan fingerprint density at radius 3 is 1.56 bits per heavy atom. The fourth-order valence-electron chi connectivity index (χ4n) is 2.20. The van der Waals surface area contributed by atoms with Gasteiger partial charge in [-0.1, -0.05) is 57.4 Å². The SMILES string of the molecule is C#CC#CC#CC#CC#CC#CC#CC.CC.CCCCOc1ccc(-c2ccc(C#N)cc2)cc1. The van der Waals surface area contributed by atoms with Crippen molar-refractivity contribution in [2.75, 3.05) is 6.61 Å². The van der Waals surface area contributed by atoms with Crippen LogP contribution in [-0.4, -0.2) is 6.61 Å². The number of ether oxygens (including phenoxy) is 1. The molecule has 2 aromatic carbocycles. The first-order chi connectivity index (χ1) is 17.7. The van der Waals surface area contributed by atoms with Crippen molar-refractivity contribution in [3.63, 3.8) is 0 Å². The zero-order valence-corrected chi connectivity index (χ0v) is 21.2. The topological polar surface area (TPSA) is 33.0 Å². The molecule has 2 heteroatoms. The molecular weight excluding hydrogens is 438 g/mol. The molecule has 2 aromatic rings. The van der Waals surface area contributed by atoms with Gasteiger partial charge in [0.15, 0.2) is 0 Å². The zero-order chi connectivity index (χ0) is 26.7. The smallest absolute Gasteiger partial charge is 0.119 e. The Morgan fingerprint density at radius 1 is 0.694 bits per heavy atom. The van der Waals surface area contributed by atoms with Crippen LogP contribution in [0.3, 0.4) is 0 Å². The van der Waals surface area contributed by atoms with Crippen molar-refractivity contribution in [2.45, 2.75) is 40.5 Å². The lowest BCUT2D eigenvalue weighted by Gasteiger charge is -2.06. The Kier molecular flexibility index (Phi) is 19.4. The third-order valence-electron chi connectivity index (χ3n) is 3.79. The largest absolute Gasteiger partial charge is 0.494 e. The third-order valence-corrected chi connectivity index (χ3v) is 3.79. The van der Waals surface area contributed by atoms with E-state index in [-0.39, 0.29) is 0 Å². The Labute approximate surface area is 217 Å². The maximum Gasteiger partial charge on any atom is 0.119 e. The molecule has 0 radical (unpaired) electrons. The second-order valence-electron chi connectivity index (χ2n) is 6.18. The summed E-state index contributed by atoms with van der Waals surface area (Å²) in [6.07, 6.45) is 7.10. The van der Waals surface area contributed by atoms with Crippen LogP contribution in [0.2, 0.25) is 0 Å². The number of hydrogen-bond donors (Lipinski definition) is 0. The number of benzene rings is 2. The minimum Gasteiger partial charge on any atom is -0.494 e. The molecular formula is C34H27NO. The number of unbranched alkanes of at least 4 members (excludes halogenated alkanes) is 1. The highest BCUT2D eigenvalue weighted by Crippen LogP contribution is 2.22. The molecule has 0 aliphatic heterocycles. The Morgan fingerprint density at radius 2 is 1.14 bits per heavy atom. The van der Waals surface area contributed by atoms with Crippen LogP contribution in [-0.2, 0) is 0 Å². The van der Waals surface area contributed by atoms with Crippen LogP contribution in [0.4, 0.5) is 0 Å². The average molecular weight is 466 g/mol. The van der Waals surface area contributed by atoms with Gasteiger partial charge in [0.2, 0.25) is 0 Å². The van der Waals surface area contributed by atoms with Gasteiger partial charge in [0, 0.05) is 0 Å². The fourth-order valence-corrected chi connectivity index (χ4v) is 2.20. The molecule has 0 heterocycles. The molecule has 0 aliphatic rings. The second-order valence-corrected chi connectivity index (χ2v) is 6.18. The molecule has 0 N–H and O–H groups in total. The zero-order valence-electron chi connectivity index (χ0n) is 21.2. The van der Waals surface area contributed by atoms with Gasteiger partial charge in [-0.25, -0.2) is 0 Å². The maximum absolute atomic E-state index is 8.77. The maximum atomic E-state index is 8.77. The molecule has 0 aliphatic carbocycles. The van der Waals surface area contributed by atoms with Crippen LogP contribution in [0, 0.1) is 94.7 Å². The van der Waals surface area contributed by atoms with Crippen molar-refractivity contribution in [1.29, 1.82) is 5.26 Å². The quantitative estimate of drug-likeness (QED) is 0.395. The highest BCUT2D eigenvalue weighted by atomic mass is 16.5. The van der Waals surface area contributed by atoms with Crippen LogP contribution >= 0.6 is 0 Å². The predicted molar refractivity (Wildman–Crippen MR) is 150 cm³/mol. The van der Waals surface area contributed by atoms with Gasteiger partial charge in [0.05, 0.1) is 18.2 Å². The van der Waals surface area contributed by atoms with Crippen LogP contribution in [0.15, 0.2) is 48.5 Å².